The molecule has 2 aromatic heterocycles. The molecule has 1 amide bonds. The third-order valence-corrected chi connectivity index (χ3v) is 4.68. The van der Waals surface area contributed by atoms with Gasteiger partial charge in [-0.05, 0) is 56.0 Å². The molecule has 1 saturated heterocycles. The van der Waals surface area contributed by atoms with Gasteiger partial charge in [-0.15, -0.1) is 0 Å². The van der Waals surface area contributed by atoms with Gasteiger partial charge < -0.3 is 10.3 Å². The summed E-state index contributed by atoms with van der Waals surface area (Å²) in [4.78, 5) is 21.9. The summed E-state index contributed by atoms with van der Waals surface area (Å²) < 4.78 is 0. The molecule has 5 nitrogen and oxygen atoms in total. The molecule has 0 spiro atoms. The van der Waals surface area contributed by atoms with E-state index in [4.69, 9.17) is 11.6 Å². The molecule has 6 heteroatoms. The fourth-order valence-corrected chi connectivity index (χ4v) is 3.18. The maximum absolute atomic E-state index is 12.5. The smallest absolute Gasteiger partial charge is 0.242 e. The second-order valence-electron chi connectivity index (χ2n) is 6.01. The molecule has 2 atom stereocenters. The van der Waals surface area contributed by atoms with Crippen LogP contribution in [0.4, 0.5) is 5.82 Å². The minimum absolute atomic E-state index is 0.0328. The first-order valence-corrected chi connectivity index (χ1v) is 8.30. The number of H-pyrrole nitrogens is 1. The molecule has 0 radical (unpaired) electrons. The van der Waals surface area contributed by atoms with Gasteiger partial charge in [-0.25, -0.2) is 4.98 Å². The van der Waals surface area contributed by atoms with Crippen LogP contribution >= 0.6 is 11.6 Å². The molecular weight excluding hydrogens is 312 g/mol. The van der Waals surface area contributed by atoms with Gasteiger partial charge in [-0.2, -0.15) is 0 Å². The van der Waals surface area contributed by atoms with Gasteiger partial charge >= 0.3 is 0 Å². The number of nitrogens with one attached hydrogen (secondary N) is 2. The third kappa shape index (κ3) is 3.92. The van der Waals surface area contributed by atoms with Crippen LogP contribution < -0.4 is 5.32 Å². The minimum Gasteiger partial charge on any atom is -0.367 e. The topological polar surface area (TPSA) is 61.0 Å². The lowest BCUT2D eigenvalue weighted by Gasteiger charge is -2.35. The number of rotatable bonds is 4. The molecule has 1 fully saturated rings. The average Bonchev–Trinajstić information content (AvgIpc) is 3.11. The predicted octanol–water partition coefficient (Wildman–Crippen LogP) is 3.27. The van der Waals surface area contributed by atoms with Crippen molar-refractivity contribution < 1.29 is 4.79 Å². The van der Waals surface area contributed by atoms with Crippen molar-refractivity contribution in [1.82, 2.24) is 14.9 Å². The number of likely N-dealkylation sites (tertiary alicyclic amines) is 1. The molecule has 2 aromatic rings. The van der Waals surface area contributed by atoms with Crippen LogP contribution in [0.5, 0.6) is 0 Å². The second kappa shape index (κ2) is 7.15. The number of carbonyl (C=O) groups excluding carboxylic acids is 1. The summed E-state index contributed by atoms with van der Waals surface area (Å²) in [6.45, 7) is 3.80. The molecular formula is C17H21ClN4O. The fourth-order valence-electron chi connectivity index (χ4n) is 3.07. The van der Waals surface area contributed by atoms with Gasteiger partial charge in [-0.3, -0.25) is 9.69 Å². The first-order valence-electron chi connectivity index (χ1n) is 7.92. The first kappa shape index (κ1) is 16.0. The largest absolute Gasteiger partial charge is 0.367 e. The fraction of sp³-hybridized carbons (Fsp3) is 0.412. The monoisotopic (exact) mass is 332 g/mol. The Morgan fingerprint density at radius 2 is 2.35 bits per heavy atom. The van der Waals surface area contributed by atoms with Crippen molar-refractivity contribution in [3.63, 3.8) is 0 Å². The number of piperidine rings is 1. The van der Waals surface area contributed by atoms with E-state index in [2.05, 4.69) is 32.4 Å². The van der Waals surface area contributed by atoms with Crippen molar-refractivity contribution in [2.24, 2.45) is 0 Å². The Labute approximate surface area is 141 Å². The molecule has 0 saturated carbocycles. The number of aromatic amines is 1. The zero-order valence-electron chi connectivity index (χ0n) is 13.1. The van der Waals surface area contributed by atoms with Crippen molar-refractivity contribution in [3.05, 3.63) is 47.4 Å². The summed E-state index contributed by atoms with van der Waals surface area (Å²) in [7, 11) is 0. The van der Waals surface area contributed by atoms with E-state index in [1.54, 1.807) is 12.1 Å². The lowest BCUT2D eigenvalue weighted by atomic mass is 9.91. The molecule has 122 valence electrons. The number of hydrogen-bond acceptors (Lipinski definition) is 3. The molecule has 0 bridgehead atoms. The highest BCUT2D eigenvalue weighted by atomic mass is 35.5. The normalized spacial score (nSPS) is 20.2. The van der Waals surface area contributed by atoms with E-state index in [-0.39, 0.29) is 11.9 Å². The van der Waals surface area contributed by atoms with E-state index < -0.39 is 0 Å². The molecule has 0 unspecified atom stereocenters. The summed E-state index contributed by atoms with van der Waals surface area (Å²) in [5.41, 5.74) is 1.32. The van der Waals surface area contributed by atoms with Crippen molar-refractivity contribution in [3.8, 4) is 0 Å². The molecule has 23 heavy (non-hydrogen) atoms. The Balaban J connectivity index is 1.61. The lowest BCUT2D eigenvalue weighted by molar-refractivity contribution is -0.121. The maximum atomic E-state index is 12.5. The number of amides is 1. The molecule has 1 aliphatic heterocycles. The van der Waals surface area contributed by atoms with E-state index in [1.807, 2.05) is 13.1 Å². The maximum Gasteiger partial charge on any atom is 0.242 e. The highest BCUT2D eigenvalue weighted by molar-refractivity contribution is 6.30. The number of anilines is 1. The molecule has 0 aromatic carbocycles. The summed E-state index contributed by atoms with van der Waals surface area (Å²) in [6, 6.07) is 5.37. The van der Waals surface area contributed by atoms with Crippen LogP contribution in [0.2, 0.25) is 5.02 Å². The second-order valence-corrected chi connectivity index (χ2v) is 6.44. The van der Waals surface area contributed by atoms with E-state index in [9.17, 15) is 4.79 Å². The van der Waals surface area contributed by atoms with Gasteiger partial charge in [-0.1, -0.05) is 11.6 Å². The Morgan fingerprint density at radius 3 is 3.04 bits per heavy atom. The van der Waals surface area contributed by atoms with E-state index in [0.717, 1.165) is 19.5 Å². The summed E-state index contributed by atoms with van der Waals surface area (Å²) in [5.74, 6) is 0.985. The van der Waals surface area contributed by atoms with Crippen LogP contribution in [0.3, 0.4) is 0 Å². The lowest BCUT2D eigenvalue weighted by Crippen LogP contribution is -2.46. The van der Waals surface area contributed by atoms with Gasteiger partial charge in [0.25, 0.3) is 0 Å². The Morgan fingerprint density at radius 1 is 1.48 bits per heavy atom. The zero-order valence-corrected chi connectivity index (χ0v) is 13.9. The van der Waals surface area contributed by atoms with Crippen LogP contribution in [0.25, 0.3) is 0 Å². The van der Waals surface area contributed by atoms with Crippen LogP contribution in [0.1, 0.15) is 31.2 Å². The van der Waals surface area contributed by atoms with Crippen molar-refractivity contribution >= 4 is 23.3 Å². The van der Waals surface area contributed by atoms with Crippen molar-refractivity contribution in [1.29, 1.82) is 0 Å². The number of halogens is 1. The summed E-state index contributed by atoms with van der Waals surface area (Å²) in [5, 5.41) is 3.42. The SMILES string of the molecule is C[C@@H](C(=O)Nc1ccc(Cl)cn1)N1CCC[C@H](c2cc[nH]c2)C1. The van der Waals surface area contributed by atoms with E-state index >= 15 is 0 Å². The van der Waals surface area contributed by atoms with Crippen LogP contribution in [-0.4, -0.2) is 39.9 Å². The number of aromatic nitrogens is 2. The highest BCUT2D eigenvalue weighted by Crippen LogP contribution is 2.27. The van der Waals surface area contributed by atoms with E-state index in [1.165, 1.54) is 18.2 Å². The number of nitrogens with zero attached hydrogens (tertiary/aromatic N) is 2. The first-order chi connectivity index (χ1) is 11.1. The van der Waals surface area contributed by atoms with E-state index in [0.29, 0.717) is 16.8 Å². The van der Waals surface area contributed by atoms with Crippen molar-refractivity contribution in [2.45, 2.75) is 31.7 Å². The minimum atomic E-state index is -0.186. The summed E-state index contributed by atoms with van der Waals surface area (Å²) in [6.07, 6.45) is 7.81. The van der Waals surface area contributed by atoms with Crippen LogP contribution in [0, 0.1) is 0 Å². The van der Waals surface area contributed by atoms with Gasteiger partial charge in [0.15, 0.2) is 0 Å². The molecule has 0 aliphatic carbocycles. The Hall–Kier alpha value is -1.85. The predicted molar refractivity (Wildman–Crippen MR) is 91.7 cm³/mol. The molecule has 1 aliphatic rings. The highest BCUT2D eigenvalue weighted by Gasteiger charge is 2.28. The van der Waals surface area contributed by atoms with Gasteiger partial charge in [0.2, 0.25) is 5.91 Å². The van der Waals surface area contributed by atoms with Gasteiger partial charge in [0.1, 0.15) is 5.82 Å². The van der Waals surface area contributed by atoms with Gasteiger partial charge in [0.05, 0.1) is 11.1 Å². The number of carbonyl (C=O) groups is 1. The quantitative estimate of drug-likeness (QED) is 0.903. The molecule has 3 heterocycles. The van der Waals surface area contributed by atoms with Crippen molar-refractivity contribution in [2.75, 3.05) is 18.4 Å². The zero-order chi connectivity index (χ0) is 16.2. The van der Waals surface area contributed by atoms with Crippen LogP contribution in [-0.2, 0) is 4.79 Å². The van der Waals surface area contributed by atoms with Gasteiger partial charge in [0, 0.05) is 25.1 Å². The summed E-state index contributed by atoms with van der Waals surface area (Å²) >= 11 is 5.81. The number of pyridine rings is 1. The molecule has 2 N–H and O–H groups in total. The standard InChI is InChI=1S/C17H21ClN4O/c1-12(17(23)21-16-5-4-15(18)10-20-16)22-8-2-3-14(11-22)13-6-7-19-9-13/h4-7,9-10,12,14,19H,2-3,8,11H2,1H3,(H,20,21,23)/t12-,14-/m0/s1. The number of hydrogen-bond donors (Lipinski definition) is 2. The van der Waals surface area contributed by atoms with Crippen LogP contribution in [0.15, 0.2) is 36.8 Å². The Kier molecular flexibility index (Phi) is 4.98. The average molecular weight is 333 g/mol. The Bertz CT molecular complexity index is 641. The third-order valence-electron chi connectivity index (χ3n) is 4.45. The molecule has 3 rings (SSSR count).